The Morgan fingerprint density at radius 3 is 2.96 bits per heavy atom. The van der Waals surface area contributed by atoms with E-state index in [0.29, 0.717) is 35.5 Å². The van der Waals surface area contributed by atoms with E-state index in [-0.39, 0.29) is 23.6 Å². The SMILES string of the molecule is CCC(=O)Nc1ncc2c(n1)C[C@H](c1cccc(Cl)c1)CC2=O. The van der Waals surface area contributed by atoms with Crippen LogP contribution < -0.4 is 5.32 Å². The molecule has 2 aromatic rings. The van der Waals surface area contributed by atoms with Crippen molar-refractivity contribution in [1.29, 1.82) is 0 Å². The number of carbonyl (C=O) groups is 2. The molecule has 1 aromatic heterocycles. The van der Waals surface area contributed by atoms with E-state index in [1.165, 1.54) is 6.20 Å². The van der Waals surface area contributed by atoms with Gasteiger partial charge in [-0.25, -0.2) is 9.97 Å². The van der Waals surface area contributed by atoms with Crippen LogP contribution in [0.4, 0.5) is 5.95 Å². The first-order valence-electron chi connectivity index (χ1n) is 7.51. The first-order chi connectivity index (χ1) is 11.1. The highest BCUT2D eigenvalue weighted by Crippen LogP contribution is 2.32. The maximum absolute atomic E-state index is 12.3. The molecule has 0 fully saturated rings. The Hall–Kier alpha value is -2.27. The number of benzene rings is 1. The number of carbonyl (C=O) groups excluding carboxylic acids is 2. The molecular formula is C17H16ClN3O2. The van der Waals surface area contributed by atoms with Crippen molar-refractivity contribution in [1.82, 2.24) is 9.97 Å². The van der Waals surface area contributed by atoms with E-state index in [2.05, 4.69) is 15.3 Å². The monoisotopic (exact) mass is 329 g/mol. The highest BCUT2D eigenvalue weighted by molar-refractivity contribution is 6.30. The van der Waals surface area contributed by atoms with E-state index in [1.54, 1.807) is 6.92 Å². The van der Waals surface area contributed by atoms with Crippen molar-refractivity contribution in [3.05, 3.63) is 52.3 Å². The van der Waals surface area contributed by atoms with Crippen molar-refractivity contribution in [3.8, 4) is 0 Å². The van der Waals surface area contributed by atoms with Crippen LogP contribution in [-0.2, 0) is 11.2 Å². The Kier molecular flexibility index (Phi) is 4.39. The molecule has 5 nitrogen and oxygen atoms in total. The maximum atomic E-state index is 12.3. The fraction of sp³-hybridized carbons (Fsp3) is 0.294. The molecule has 1 aromatic carbocycles. The number of nitrogens with one attached hydrogen (secondary N) is 1. The van der Waals surface area contributed by atoms with E-state index in [9.17, 15) is 9.59 Å². The van der Waals surface area contributed by atoms with E-state index in [4.69, 9.17) is 11.6 Å². The van der Waals surface area contributed by atoms with Gasteiger partial charge in [0, 0.05) is 24.1 Å². The third kappa shape index (κ3) is 3.40. The third-order valence-electron chi connectivity index (χ3n) is 3.93. The third-order valence-corrected chi connectivity index (χ3v) is 4.17. The topological polar surface area (TPSA) is 72.0 Å². The quantitative estimate of drug-likeness (QED) is 0.936. The molecule has 3 rings (SSSR count). The zero-order valence-corrected chi connectivity index (χ0v) is 13.4. The van der Waals surface area contributed by atoms with Gasteiger partial charge in [-0.3, -0.25) is 14.9 Å². The predicted molar refractivity (Wildman–Crippen MR) is 87.8 cm³/mol. The summed E-state index contributed by atoms with van der Waals surface area (Å²) in [5.41, 5.74) is 2.24. The molecular weight excluding hydrogens is 314 g/mol. The number of ketones is 1. The molecule has 1 aliphatic rings. The minimum Gasteiger partial charge on any atom is -0.295 e. The Morgan fingerprint density at radius 1 is 1.39 bits per heavy atom. The highest BCUT2D eigenvalue weighted by Gasteiger charge is 2.28. The van der Waals surface area contributed by atoms with Crippen LogP contribution in [0.1, 0.15) is 47.3 Å². The van der Waals surface area contributed by atoms with E-state index < -0.39 is 0 Å². The number of fused-ring (bicyclic) bond motifs is 1. The summed E-state index contributed by atoms with van der Waals surface area (Å²) in [5.74, 6) is 0.150. The molecule has 1 aliphatic carbocycles. The summed E-state index contributed by atoms with van der Waals surface area (Å²) in [7, 11) is 0. The second-order valence-corrected chi connectivity index (χ2v) is 5.98. The number of Topliss-reactive ketones (excluding diaryl/α,β-unsaturated/α-hetero) is 1. The number of hydrogen-bond acceptors (Lipinski definition) is 4. The lowest BCUT2D eigenvalue weighted by Crippen LogP contribution is -2.22. The average Bonchev–Trinajstić information content (AvgIpc) is 2.54. The Labute approximate surface area is 139 Å². The van der Waals surface area contributed by atoms with Crippen molar-refractivity contribution in [2.24, 2.45) is 0 Å². The number of aromatic nitrogens is 2. The Balaban J connectivity index is 1.89. The molecule has 0 saturated carbocycles. The predicted octanol–water partition coefficient (Wildman–Crippen LogP) is 3.39. The van der Waals surface area contributed by atoms with Crippen LogP contribution in [0.25, 0.3) is 0 Å². The zero-order chi connectivity index (χ0) is 16.4. The van der Waals surface area contributed by atoms with Gasteiger partial charge in [0.15, 0.2) is 5.78 Å². The van der Waals surface area contributed by atoms with Crippen molar-refractivity contribution < 1.29 is 9.59 Å². The summed E-state index contributed by atoms with van der Waals surface area (Å²) < 4.78 is 0. The largest absolute Gasteiger partial charge is 0.295 e. The second-order valence-electron chi connectivity index (χ2n) is 5.54. The first-order valence-corrected chi connectivity index (χ1v) is 7.89. The Morgan fingerprint density at radius 2 is 2.22 bits per heavy atom. The van der Waals surface area contributed by atoms with Gasteiger partial charge in [-0.05, 0) is 30.0 Å². The summed E-state index contributed by atoms with van der Waals surface area (Å²) in [6.07, 6.45) is 2.89. The lowest BCUT2D eigenvalue weighted by atomic mass is 9.82. The first kappa shape index (κ1) is 15.6. The summed E-state index contributed by atoms with van der Waals surface area (Å²) in [6.45, 7) is 1.76. The van der Waals surface area contributed by atoms with Gasteiger partial charge in [-0.2, -0.15) is 0 Å². The van der Waals surface area contributed by atoms with Crippen LogP contribution in [0.3, 0.4) is 0 Å². The van der Waals surface area contributed by atoms with Gasteiger partial charge >= 0.3 is 0 Å². The molecule has 0 saturated heterocycles. The molecule has 118 valence electrons. The number of amides is 1. The molecule has 23 heavy (non-hydrogen) atoms. The summed E-state index contributed by atoms with van der Waals surface area (Å²) >= 11 is 6.04. The molecule has 1 amide bonds. The van der Waals surface area contributed by atoms with Gasteiger partial charge in [0.2, 0.25) is 11.9 Å². The van der Waals surface area contributed by atoms with Crippen molar-refractivity contribution >= 4 is 29.2 Å². The molecule has 1 atom stereocenters. The molecule has 1 heterocycles. The van der Waals surface area contributed by atoms with Crippen LogP contribution in [0.15, 0.2) is 30.5 Å². The minimum atomic E-state index is -0.154. The standard InChI is InChI=1S/C17H16ClN3O2/c1-2-16(23)21-17-19-9-13-14(20-17)7-11(8-15(13)22)10-4-3-5-12(18)6-10/h3-6,9,11H,2,7-8H2,1H3,(H,19,20,21,23)/t11-/m0/s1. The van der Waals surface area contributed by atoms with Gasteiger partial charge in [0.25, 0.3) is 0 Å². The summed E-state index contributed by atoms with van der Waals surface area (Å²) in [6, 6.07) is 7.54. The van der Waals surface area contributed by atoms with E-state index in [1.807, 2.05) is 24.3 Å². The number of rotatable bonds is 3. The van der Waals surface area contributed by atoms with Gasteiger partial charge < -0.3 is 0 Å². The van der Waals surface area contributed by atoms with E-state index in [0.717, 1.165) is 5.56 Å². The molecule has 1 N–H and O–H groups in total. The molecule has 0 spiro atoms. The van der Waals surface area contributed by atoms with Crippen molar-refractivity contribution in [3.63, 3.8) is 0 Å². The van der Waals surface area contributed by atoms with Gasteiger partial charge in [-0.1, -0.05) is 30.7 Å². The molecule has 0 radical (unpaired) electrons. The summed E-state index contributed by atoms with van der Waals surface area (Å²) in [4.78, 5) is 32.2. The van der Waals surface area contributed by atoms with Crippen LogP contribution >= 0.6 is 11.6 Å². The minimum absolute atomic E-state index is 0.0181. The van der Waals surface area contributed by atoms with Gasteiger partial charge in [0.05, 0.1) is 11.3 Å². The normalized spacial score (nSPS) is 16.8. The fourth-order valence-corrected chi connectivity index (χ4v) is 2.91. The lowest BCUT2D eigenvalue weighted by molar-refractivity contribution is -0.115. The van der Waals surface area contributed by atoms with Crippen LogP contribution in [0.2, 0.25) is 5.02 Å². The smallest absolute Gasteiger partial charge is 0.229 e. The van der Waals surface area contributed by atoms with E-state index >= 15 is 0 Å². The average molecular weight is 330 g/mol. The maximum Gasteiger partial charge on any atom is 0.229 e. The van der Waals surface area contributed by atoms with Crippen molar-refractivity contribution in [2.75, 3.05) is 5.32 Å². The lowest BCUT2D eigenvalue weighted by Gasteiger charge is -2.23. The van der Waals surface area contributed by atoms with Crippen molar-refractivity contribution in [2.45, 2.75) is 32.1 Å². The Bertz CT molecular complexity index is 776. The van der Waals surface area contributed by atoms with Crippen LogP contribution in [0.5, 0.6) is 0 Å². The van der Waals surface area contributed by atoms with Gasteiger partial charge in [-0.15, -0.1) is 0 Å². The number of nitrogens with zero attached hydrogens (tertiary/aromatic N) is 2. The summed E-state index contributed by atoms with van der Waals surface area (Å²) in [5, 5.41) is 3.28. The number of anilines is 1. The van der Waals surface area contributed by atoms with Gasteiger partial charge in [0.1, 0.15) is 0 Å². The van der Waals surface area contributed by atoms with Crippen LogP contribution in [-0.4, -0.2) is 21.7 Å². The highest BCUT2D eigenvalue weighted by atomic mass is 35.5. The molecule has 0 unspecified atom stereocenters. The number of halogens is 1. The molecule has 6 heteroatoms. The zero-order valence-electron chi connectivity index (χ0n) is 12.7. The number of hydrogen-bond donors (Lipinski definition) is 1. The molecule has 0 bridgehead atoms. The molecule has 0 aliphatic heterocycles. The second kappa shape index (κ2) is 6.46. The van der Waals surface area contributed by atoms with Crippen LogP contribution in [0, 0.1) is 0 Å². The fourth-order valence-electron chi connectivity index (χ4n) is 2.71.